The van der Waals surface area contributed by atoms with Crippen molar-refractivity contribution in [1.29, 1.82) is 0 Å². The van der Waals surface area contributed by atoms with E-state index in [2.05, 4.69) is 12.2 Å². The van der Waals surface area contributed by atoms with Crippen molar-refractivity contribution in [2.45, 2.75) is 76.9 Å². The van der Waals surface area contributed by atoms with Crippen LogP contribution in [0.4, 0.5) is 0 Å². The quantitative estimate of drug-likeness (QED) is 0.625. The summed E-state index contributed by atoms with van der Waals surface area (Å²) >= 11 is 0. The molecule has 0 heterocycles. The molecule has 0 aromatic rings. The molecule has 0 aliphatic heterocycles. The first kappa shape index (κ1) is 13.5. The second-order valence-corrected chi connectivity index (χ2v) is 4.91. The van der Waals surface area contributed by atoms with Crippen LogP contribution in [0.3, 0.4) is 0 Å². The molecule has 1 aliphatic carbocycles. The van der Waals surface area contributed by atoms with E-state index in [4.69, 9.17) is 5.11 Å². The Balaban J connectivity index is 1.86. The molecule has 0 atom stereocenters. The zero-order chi connectivity index (χ0) is 11.8. The Labute approximate surface area is 98.6 Å². The number of aliphatic hydroxyl groups excluding tert-OH is 1. The molecule has 1 fully saturated rings. The number of rotatable bonds is 8. The Morgan fingerprint density at radius 3 is 2.44 bits per heavy atom. The second-order valence-electron chi connectivity index (χ2n) is 4.91. The van der Waals surface area contributed by atoms with Crippen molar-refractivity contribution in [3.05, 3.63) is 0 Å². The molecule has 0 aromatic carbocycles. The van der Waals surface area contributed by atoms with Crippen LogP contribution in [0.2, 0.25) is 0 Å². The van der Waals surface area contributed by atoms with E-state index in [0.717, 1.165) is 19.3 Å². The molecule has 16 heavy (non-hydrogen) atoms. The van der Waals surface area contributed by atoms with E-state index in [1.165, 1.54) is 32.1 Å². The fourth-order valence-electron chi connectivity index (χ4n) is 2.07. The highest BCUT2D eigenvalue weighted by atomic mass is 16.3. The minimum absolute atomic E-state index is 0.160. The van der Waals surface area contributed by atoms with Crippen LogP contribution in [-0.4, -0.2) is 23.2 Å². The normalized spacial score (nSPS) is 23.9. The summed E-state index contributed by atoms with van der Waals surface area (Å²) in [5.41, 5.74) is 0. The predicted molar refractivity (Wildman–Crippen MR) is 65.2 cm³/mol. The summed E-state index contributed by atoms with van der Waals surface area (Å²) in [5.74, 6) is 0.160. The molecular weight excluding hydrogens is 202 g/mol. The third kappa shape index (κ3) is 5.50. The maximum atomic E-state index is 11.4. The van der Waals surface area contributed by atoms with Gasteiger partial charge in [-0.3, -0.25) is 4.79 Å². The lowest BCUT2D eigenvalue weighted by Gasteiger charge is -2.31. The molecule has 0 aromatic heterocycles. The van der Waals surface area contributed by atoms with Gasteiger partial charge >= 0.3 is 0 Å². The van der Waals surface area contributed by atoms with Gasteiger partial charge in [0.1, 0.15) is 0 Å². The Bertz CT molecular complexity index is 200. The zero-order valence-corrected chi connectivity index (χ0v) is 10.4. The first-order valence-electron chi connectivity index (χ1n) is 6.69. The molecule has 3 heteroatoms. The Morgan fingerprint density at radius 1 is 1.19 bits per heavy atom. The fraction of sp³-hybridized carbons (Fsp3) is 0.923. The first-order valence-corrected chi connectivity index (χ1v) is 6.69. The number of carbonyl (C=O) groups excluding carboxylic acids is 1. The minimum Gasteiger partial charge on any atom is -0.393 e. The summed E-state index contributed by atoms with van der Waals surface area (Å²) in [4.78, 5) is 11.4. The Hall–Kier alpha value is -0.570. The molecule has 94 valence electrons. The lowest BCUT2D eigenvalue weighted by molar-refractivity contribution is -0.123. The van der Waals surface area contributed by atoms with Gasteiger partial charge in [-0.05, 0) is 19.3 Å². The second kappa shape index (κ2) is 7.66. The van der Waals surface area contributed by atoms with E-state index >= 15 is 0 Å². The molecule has 0 saturated heterocycles. The molecule has 0 spiro atoms. The van der Waals surface area contributed by atoms with Crippen molar-refractivity contribution in [3.8, 4) is 0 Å². The third-order valence-electron chi connectivity index (χ3n) is 3.24. The molecule has 0 bridgehead atoms. The highest BCUT2D eigenvalue weighted by Crippen LogP contribution is 2.19. The van der Waals surface area contributed by atoms with Crippen molar-refractivity contribution in [1.82, 2.24) is 5.32 Å². The maximum absolute atomic E-state index is 11.4. The van der Waals surface area contributed by atoms with Crippen molar-refractivity contribution >= 4 is 5.91 Å². The van der Waals surface area contributed by atoms with Crippen LogP contribution in [0.1, 0.15) is 64.7 Å². The van der Waals surface area contributed by atoms with Crippen LogP contribution in [0.5, 0.6) is 0 Å². The predicted octanol–water partition coefficient (Wildman–Crippen LogP) is 2.38. The van der Waals surface area contributed by atoms with Gasteiger partial charge in [0.15, 0.2) is 0 Å². The minimum atomic E-state index is -0.181. The number of aliphatic hydroxyl groups is 1. The molecule has 3 nitrogen and oxygen atoms in total. The van der Waals surface area contributed by atoms with Gasteiger partial charge in [-0.15, -0.1) is 0 Å². The van der Waals surface area contributed by atoms with E-state index in [9.17, 15) is 4.79 Å². The third-order valence-corrected chi connectivity index (χ3v) is 3.24. The summed E-state index contributed by atoms with van der Waals surface area (Å²) in [6.07, 6.45) is 9.25. The van der Waals surface area contributed by atoms with Crippen LogP contribution in [0, 0.1) is 0 Å². The van der Waals surface area contributed by atoms with Gasteiger partial charge in [0, 0.05) is 12.5 Å². The number of unbranched alkanes of at least 4 members (excludes halogenated alkanes) is 5. The summed E-state index contributed by atoms with van der Waals surface area (Å²) in [5, 5.41) is 12.0. The van der Waals surface area contributed by atoms with Crippen LogP contribution in [0.25, 0.3) is 0 Å². The number of amides is 1. The lowest BCUT2D eigenvalue weighted by atomic mass is 9.89. The van der Waals surface area contributed by atoms with Crippen molar-refractivity contribution < 1.29 is 9.90 Å². The van der Waals surface area contributed by atoms with Gasteiger partial charge in [-0.2, -0.15) is 0 Å². The lowest BCUT2D eigenvalue weighted by Crippen LogP contribution is -2.46. The number of hydrogen-bond donors (Lipinski definition) is 2. The van der Waals surface area contributed by atoms with Gasteiger partial charge in [-0.1, -0.05) is 39.0 Å². The summed E-state index contributed by atoms with van der Waals surface area (Å²) < 4.78 is 0. The van der Waals surface area contributed by atoms with E-state index in [1.807, 2.05) is 0 Å². The molecule has 0 unspecified atom stereocenters. The van der Waals surface area contributed by atoms with Crippen molar-refractivity contribution in [2.75, 3.05) is 0 Å². The monoisotopic (exact) mass is 227 g/mol. The number of hydrogen-bond acceptors (Lipinski definition) is 2. The van der Waals surface area contributed by atoms with Crippen LogP contribution < -0.4 is 5.32 Å². The van der Waals surface area contributed by atoms with Gasteiger partial charge in [0.2, 0.25) is 5.91 Å². The maximum Gasteiger partial charge on any atom is 0.220 e. The van der Waals surface area contributed by atoms with Gasteiger partial charge in [-0.25, -0.2) is 0 Å². The Kier molecular flexibility index (Phi) is 6.46. The molecule has 1 amide bonds. The summed E-state index contributed by atoms with van der Waals surface area (Å²) in [6.45, 7) is 2.21. The molecule has 2 N–H and O–H groups in total. The molecule has 1 saturated carbocycles. The van der Waals surface area contributed by atoms with Gasteiger partial charge in [0.25, 0.3) is 0 Å². The summed E-state index contributed by atoms with van der Waals surface area (Å²) in [7, 11) is 0. The molecule has 1 aliphatic rings. The van der Waals surface area contributed by atoms with Crippen molar-refractivity contribution in [2.24, 2.45) is 0 Å². The SMILES string of the molecule is CCCCCCCCC(=O)NC1CC(O)C1. The van der Waals surface area contributed by atoms with E-state index in [1.54, 1.807) is 0 Å². The van der Waals surface area contributed by atoms with Crippen LogP contribution in [0.15, 0.2) is 0 Å². The molecule has 0 radical (unpaired) electrons. The zero-order valence-electron chi connectivity index (χ0n) is 10.4. The average molecular weight is 227 g/mol. The molecule has 1 rings (SSSR count). The average Bonchev–Trinajstić information content (AvgIpc) is 2.21. The Morgan fingerprint density at radius 2 is 1.81 bits per heavy atom. The van der Waals surface area contributed by atoms with Crippen LogP contribution >= 0.6 is 0 Å². The highest BCUT2D eigenvalue weighted by Gasteiger charge is 2.27. The fourth-order valence-corrected chi connectivity index (χ4v) is 2.07. The van der Waals surface area contributed by atoms with Crippen molar-refractivity contribution in [3.63, 3.8) is 0 Å². The van der Waals surface area contributed by atoms with E-state index < -0.39 is 0 Å². The standard InChI is InChI=1S/C13H25NO2/c1-2-3-4-5-6-7-8-13(16)14-11-9-12(15)10-11/h11-12,15H,2-10H2,1H3,(H,14,16). The molecular formula is C13H25NO2. The topological polar surface area (TPSA) is 49.3 Å². The largest absolute Gasteiger partial charge is 0.393 e. The van der Waals surface area contributed by atoms with Gasteiger partial charge < -0.3 is 10.4 Å². The van der Waals surface area contributed by atoms with Gasteiger partial charge in [0.05, 0.1) is 6.10 Å². The summed E-state index contributed by atoms with van der Waals surface area (Å²) in [6, 6.07) is 0.239. The smallest absolute Gasteiger partial charge is 0.220 e. The first-order chi connectivity index (χ1) is 7.72. The van der Waals surface area contributed by atoms with Crippen LogP contribution in [-0.2, 0) is 4.79 Å². The van der Waals surface area contributed by atoms with E-state index in [0.29, 0.717) is 6.42 Å². The van der Waals surface area contributed by atoms with E-state index in [-0.39, 0.29) is 18.1 Å². The number of nitrogens with one attached hydrogen (secondary N) is 1. The number of carbonyl (C=O) groups is 1. The highest BCUT2D eigenvalue weighted by molar-refractivity contribution is 5.76.